The van der Waals surface area contributed by atoms with E-state index in [4.69, 9.17) is 16.7 Å². The monoisotopic (exact) mass is 243 g/mol. The van der Waals surface area contributed by atoms with Gasteiger partial charge in [-0.2, -0.15) is 0 Å². The van der Waals surface area contributed by atoms with E-state index in [0.29, 0.717) is 12.2 Å². The Morgan fingerprint density at radius 2 is 2.19 bits per heavy atom. The Kier molecular flexibility index (Phi) is 4.50. The number of nitrogens with zero attached hydrogens (tertiary/aromatic N) is 2. The number of aromatic nitrogens is 2. The van der Waals surface area contributed by atoms with Crippen LogP contribution in [-0.2, 0) is 0 Å². The summed E-state index contributed by atoms with van der Waals surface area (Å²) >= 11 is 5.71. The van der Waals surface area contributed by atoms with Gasteiger partial charge >= 0.3 is 0 Å². The highest BCUT2D eigenvalue weighted by molar-refractivity contribution is 6.28. The largest absolute Gasteiger partial charge is 0.396 e. The zero-order valence-electron chi connectivity index (χ0n) is 9.87. The molecule has 0 aliphatic heterocycles. The Labute approximate surface area is 101 Å². The van der Waals surface area contributed by atoms with Crippen LogP contribution in [0.5, 0.6) is 0 Å². The van der Waals surface area contributed by atoms with E-state index in [0.717, 1.165) is 0 Å². The molecule has 0 aromatic carbocycles. The number of hydrogen-bond donors (Lipinski definition) is 2. The van der Waals surface area contributed by atoms with Gasteiger partial charge in [0.05, 0.1) is 0 Å². The van der Waals surface area contributed by atoms with Crippen molar-refractivity contribution in [3.63, 3.8) is 0 Å². The van der Waals surface area contributed by atoms with Crippen LogP contribution < -0.4 is 5.32 Å². The lowest BCUT2D eigenvalue weighted by atomic mass is 9.85. The van der Waals surface area contributed by atoms with Gasteiger partial charge in [0.25, 0.3) is 0 Å². The third kappa shape index (κ3) is 3.94. The van der Waals surface area contributed by atoms with Crippen molar-refractivity contribution in [2.45, 2.75) is 33.2 Å². The highest BCUT2D eigenvalue weighted by Gasteiger charge is 2.24. The molecule has 1 unspecified atom stereocenters. The van der Waals surface area contributed by atoms with Crippen LogP contribution in [-0.4, -0.2) is 27.7 Å². The van der Waals surface area contributed by atoms with Crippen LogP contribution in [0.1, 0.15) is 27.2 Å². The molecule has 1 rings (SSSR count). The first kappa shape index (κ1) is 13.2. The zero-order valence-corrected chi connectivity index (χ0v) is 10.6. The molecule has 0 amide bonds. The Hall–Kier alpha value is -0.870. The maximum Gasteiger partial charge on any atom is 0.224 e. The summed E-state index contributed by atoms with van der Waals surface area (Å²) < 4.78 is 0. The van der Waals surface area contributed by atoms with Gasteiger partial charge < -0.3 is 10.4 Å². The van der Waals surface area contributed by atoms with Gasteiger partial charge in [0.2, 0.25) is 5.28 Å². The van der Waals surface area contributed by atoms with Gasteiger partial charge in [0.15, 0.2) is 0 Å². The van der Waals surface area contributed by atoms with Crippen LogP contribution in [0.4, 0.5) is 5.82 Å². The minimum atomic E-state index is 0.0418. The molecule has 4 nitrogen and oxygen atoms in total. The topological polar surface area (TPSA) is 58.0 Å². The first-order valence-corrected chi connectivity index (χ1v) is 5.67. The predicted octanol–water partition coefficient (Wildman–Crippen LogP) is 2.34. The number of rotatable bonds is 4. The minimum absolute atomic E-state index is 0.0418. The number of nitrogens with one attached hydrogen (secondary N) is 1. The summed E-state index contributed by atoms with van der Waals surface area (Å²) in [6.07, 6.45) is 2.28. The van der Waals surface area contributed by atoms with Gasteiger partial charge in [-0.3, -0.25) is 0 Å². The Morgan fingerprint density at radius 3 is 2.69 bits per heavy atom. The molecule has 0 fully saturated rings. The van der Waals surface area contributed by atoms with Crippen molar-refractivity contribution in [3.05, 3.63) is 17.5 Å². The smallest absolute Gasteiger partial charge is 0.224 e. The van der Waals surface area contributed by atoms with E-state index in [-0.39, 0.29) is 23.3 Å². The van der Waals surface area contributed by atoms with Crippen LogP contribution >= 0.6 is 11.6 Å². The summed E-state index contributed by atoms with van der Waals surface area (Å²) in [5, 5.41) is 12.5. The van der Waals surface area contributed by atoms with E-state index in [1.54, 1.807) is 12.3 Å². The van der Waals surface area contributed by atoms with Crippen LogP contribution in [0, 0.1) is 5.41 Å². The molecule has 16 heavy (non-hydrogen) atoms. The fraction of sp³-hybridized carbons (Fsp3) is 0.636. The van der Waals surface area contributed by atoms with Crippen LogP contribution in [0.15, 0.2) is 12.3 Å². The molecule has 0 radical (unpaired) electrons. The third-order valence-electron chi connectivity index (χ3n) is 2.41. The van der Waals surface area contributed by atoms with Crippen molar-refractivity contribution in [2.75, 3.05) is 11.9 Å². The predicted molar refractivity (Wildman–Crippen MR) is 65.6 cm³/mol. The molecule has 0 saturated heterocycles. The molecule has 1 heterocycles. The molecule has 0 aliphatic rings. The van der Waals surface area contributed by atoms with Gasteiger partial charge in [-0.1, -0.05) is 20.8 Å². The van der Waals surface area contributed by atoms with Gasteiger partial charge in [-0.05, 0) is 29.5 Å². The van der Waals surface area contributed by atoms with E-state index < -0.39 is 0 Å². The highest BCUT2D eigenvalue weighted by atomic mass is 35.5. The summed E-state index contributed by atoms with van der Waals surface area (Å²) in [5.74, 6) is 0.688. The number of aliphatic hydroxyl groups is 1. The maximum absolute atomic E-state index is 9.03. The first-order chi connectivity index (χ1) is 7.43. The number of halogens is 1. The molecule has 1 aromatic heterocycles. The average molecular weight is 244 g/mol. The lowest BCUT2D eigenvalue weighted by Crippen LogP contribution is -2.35. The SMILES string of the molecule is CC(C)(C)C(CCO)Nc1ccnc(Cl)n1. The summed E-state index contributed by atoms with van der Waals surface area (Å²) in [7, 11) is 0. The second-order valence-corrected chi connectivity index (χ2v) is 5.12. The van der Waals surface area contributed by atoms with E-state index in [2.05, 4.69) is 36.1 Å². The fourth-order valence-corrected chi connectivity index (χ4v) is 1.59. The average Bonchev–Trinajstić information content (AvgIpc) is 2.16. The highest BCUT2D eigenvalue weighted by Crippen LogP contribution is 2.24. The van der Waals surface area contributed by atoms with E-state index in [9.17, 15) is 0 Å². The van der Waals surface area contributed by atoms with Crippen LogP contribution in [0.25, 0.3) is 0 Å². The molecule has 0 bridgehead atoms. The lowest BCUT2D eigenvalue weighted by Gasteiger charge is -2.31. The quantitative estimate of drug-likeness (QED) is 0.797. The molecule has 1 aromatic rings. The van der Waals surface area contributed by atoms with Crippen molar-refractivity contribution in [1.29, 1.82) is 0 Å². The van der Waals surface area contributed by atoms with Crippen molar-refractivity contribution >= 4 is 17.4 Å². The molecule has 1 atom stereocenters. The molecule has 5 heteroatoms. The number of hydrogen-bond acceptors (Lipinski definition) is 4. The Balaban J connectivity index is 2.76. The van der Waals surface area contributed by atoms with E-state index >= 15 is 0 Å². The summed E-state index contributed by atoms with van der Waals surface area (Å²) in [4.78, 5) is 7.89. The molecular formula is C11H18ClN3O. The Bertz CT molecular complexity index is 338. The molecule has 0 saturated carbocycles. The second kappa shape index (κ2) is 5.46. The first-order valence-electron chi connectivity index (χ1n) is 5.29. The molecular weight excluding hydrogens is 226 g/mol. The Morgan fingerprint density at radius 1 is 1.50 bits per heavy atom. The van der Waals surface area contributed by atoms with E-state index in [1.807, 2.05) is 0 Å². The molecule has 90 valence electrons. The van der Waals surface area contributed by atoms with Crippen molar-refractivity contribution < 1.29 is 5.11 Å². The lowest BCUT2D eigenvalue weighted by molar-refractivity contribution is 0.235. The van der Waals surface area contributed by atoms with Gasteiger partial charge in [-0.25, -0.2) is 9.97 Å². The van der Waals surface area contributed by atoms with Crippen molar-refractivity contribution in [3.8, 4) is 0 Å². The van der Waals surface area contributed by atoms with Crippen molar-refractivity contribution in [2.24, 2.45) is 5.41 Å². The number of aliphatic hydroxyl groups excluding tert-OH is 1. The van der Waals surface area contributed by atoms with Gasteiger partial charge in [0.1, 0.15) is 5.82 Å². The van der Waals surface area contributed by atoms with Crippen LogP contribution in [0.2, 0.25) is 5.28 Å². The molecule has 0 spiro atoms. The summed E-state index contributed by atoms with van der Waals surface area (Å²) in [6.45, 7) is 6.49. The van der Waals surface area contributed by atoms with Gasteiger partial charge in [-0.15, -0.1) is 0 Å². The van der Waals surface area contributed by atoms with Crippen molar-refractivity contribution in [1.82, 2.24) is 9.97 Å². The maximum atomic E-state index is 9.03. The summed E-state index contributed by atoms with van der Waals surface area (Å²) in [6, 6.07) is 1.91. The number of anilines is 1. The second-order valence-electron chi connectivity index (χ2n) is 4.79. The normalized spacial score (nSPS) is 13.6. The molecule has 0 aliphatic carbocycles. The fourth-order valence-electron chi connectivity index (χ4n) is 1.44. The standard InChI is InChI=1S/C11H18ClN3O/c1-11(2,3)8(5-7-16)14-9-4-6-13-10(12)15-9/h4,6,8,16H,5,7H2,1-3H3,(H,13,14,15). The zero-order chi connectivity index (χ0) is 12.2. The molecule has 2 N–H and O–H groups in total. The van der Waals surface area contributed by atoms with E-state index in [1.165, 1.54) is 0 Å². The third-order valence-corrected chi connectivity index (χ3v) is 2.59. The summed E-state index contributed by atoms with van der Waals surface area (Å²) in [5.41, 5.74) is 0.0418. The minimum Gasteiger partial charge on any atom is -0.396 e. The van der Waals surface area contributed by atoms with Gasteiger partial charge in [0, 0.05) is 18.8 Å². The van der Waals surface area contributed by atoms with Crippen LogP contribution in [0.3, 0.4) is 0 Å².